The molecule has 0 bridgehead atoms. The maximum atomic E-state index is 9.46. The predicted octanol–water partition coefficient (Wildman–Crippen LogP) is 3.85. The van der Waals surface area contributed by atoms with Gasteiger partial charge in [0.25, 0.3) is 0 Å². The van der Waals surface area contributed by atoms with Gasteiger partial charge in [0.2, 0.25) is 0 Å². The summed E-state index contributed by atoms with van der Waals surface area (Å²) in [6.45, 7) is 6.78. The molecule has 1 aromatic carbocycles. The van der Waals surface area contributed by atoms with Crippen LogP contribution < -0.4 is 4.90 Å². The number of aliphatic hydroxyl groups excluding tert-OH is 1. The molecular weight excluding hydrogens is 246 g/mol. The van der Waals surface area contributed by atoms with Gasteiger partial charge in [-0.1, -0.05) is 25.4 Å². The first-order valence-electron chi connectivity index (χ1n) is 6.78. The monoisotopic (exact) mass is 267 g/mol. The molecule has 1 aromatic rings. The Morgan fingerprint density at radius 2 is 2.06 bits per heavy atom. The molecule has 0 amide bonds. The number of halogens is 1. The van der Waals surface area contributed by atoms with Gasteiger partial charge in [-0.25, -0.2) is 0 Å². The van der Waals surface area contributed by atoms with Gasteiger partial charge in [0.1, 0.15) is 0 Å². The van der Waals surface area contributed by atoms with E-state index >= 15 is 0 Å². The maximum absolute atomic E-state index is 9.46. The number of rotatable bonds is 4. The van der Waals surface area contributed by atoms with Crippen LogP contribution in [0.4, 0.5) is 5.69 Å². The van der Waals surface area contributed by atoms with Crippen molar-refractivity contribution < 1.29 is 5.11 Å². The topological polar surface area (TPSA) is 23.5 Å². The zero-order valence-electron chi connectivity index (χ0n) is 11.2. The summed E-state index contributed by atoms with van der Waals surface area (Å²) >= 11 is 5.98. The number of benzene rings is 1. The summed E-state index contributed by atoms with van der Waals surface area (Å²) < 4.78 is 0. The van der Waals surface area contributed by atoms with Gasteiger partial charge in [0.15, 0.2) is 0 Å². The first-order valence-corrected chi connectivity index (χ1v) is 7.16. The van der Waals surface area contributed by atoms with Gasteiger partial charge < -0.3 is 10.0 Å². The fourth-order valence-corrected chi connectivity index (χ4v) is 3.15. The Morgan fingerprint density at radius 1 is 1.33 bits per heavy atom. The van der Waals surface area contributed by atoms with Crippen LogP contribution in [-0.4, -0.2) is 18.2 Å². The molecule has 0 atom stereocenters. The Hall–Kier alpha value is -0.730. The van der Waals surface area contributed by atoms with Gasteiger partial charge in [0, 0.05) is 29.4 Å². The smallest absolute Gasteiger partial charge is 0.0702 e. The highest BCUT2D eigenvalue weighted by Crippen LogP contribution is 2.40. The summed E-state index contributed by atoms with van der Waals surface area (Å²) in [6.07, 6.45) is 3.69. The van der Waals surface area contributed by atoms with Crippen LogP contribution in [0.2, 0.25) is 5.02 Å². The molecule has 0 unspecified atom stereocenters. The minimum Gasteiger partial charge on any atom is -0.392 e. The molecule has 0 saturated carbocycles. The summed E-state index contributed by atoms with van der Waals surface area (Å²) in [7, 11) is 0. The first-order chi connectivity index (χ1) is 8.64. The lowest BCUT2D eigenvalue weighted by Crippen LogP contribution is -2.26. The van der Waals surface area contributed by atoms with Crippen LogP contribution in [0.1, 0.15) is 38.7 Å². The molecule has 2 rings (SSSR count). The average molecular weight is 268 g/mol. The quantitative estimate of drug-likeness (QED) is 0.896. The van der Waals surface area contributed by atoms with Crippen LogP contribution >= 0.6 is 11.6 Å². The molecular formula is C15H22ClNO. The summed E-state index contributed by atoms with van der Waals surface area (Å²) in [5.74, 6) is 0. The van der Waals surface area contributed by atoms with Crippen LogP contribution in [0.3, 0.4) is 0 Å². The number of nitrogens with zero attached hydrogens (tertiary/aromatic N) is 1. The van der Waals surface area contributed by atoms with E-state index < -0.39 is 0 Å². The van der Waals surface area contributed by atoms with E-state index in [4.69, 9.17) is 11.6 Å². The third kappa shape index (κ3) is 2.50. The van der Waals surface area contributed by atoms with Crippen molar-refractivity contribution in [2.75, 3.05) is 18.0 Å². The second-order valence-corrected chi connectivity index (χ2v) is 5.75. The number of anilines is 1. The Bertz CT molecular complexity index is 415. The molecule has 1 aliphatic rings. The molecule has 1 N–H and O–H groups in total. The fraction of sp³-hybridized carbons (Fsp3) is 0.600. The predicted molar refractivity (Wildman–Crippen MR) is 77.2 cm³/mol. The van der Waals surface area contributed by atoms with Crippen molar-refractivity contribution in [1.29, 1.82) is 0 Å². The number of hydrogen-bond donors (Lipinski definition) is 1. The average Bonchev–Trinajstić information content (AvgIpc) is 2.83. The lowest BCUT2D eigenvalue weighted by Gasteiger charge is -2.28. The van der Waals surface area contributed by atoms with Crippen molar-refractivity contribution in [1.82, 2.24) is 0 Å². The fourth-order valence-electron chi connectivity index (χ4n) is 2.96. The minimum atomic E-state index is 0.0532. The van der Waals surface area contributed by atoms with E-state index in [-0.39, 0.29) is 6.61 Å². The zero-order chi connectivity index (χ0) is 13.2. The van der Waals surface area contributed by atoms with E-state index in [0.717, 1.165) is 24.3 Å². The largest absolute Gasteiger partial charge is 0.392 e. The van der Waals surface area contributed by atoms with Gasteiger partial charge >= 0.3 is 0 Å². The molecule has 18 heavy (non-hydrogen) atoms. The zero-order valence-corrected chi connectivity index (χ0v) is 12.0. The molecule has 100 valence electrons. The standard InChI is InChI=1S/C15H22ClNO/c1-3-15(4-2)7-8-17(11-15)14-6-5-13(16)9-12(14)10-18/h5-6,9,18H,3-4,7-8,10-11H2,1-2H3. The van der Waals surface area contributed by atoms with Crippen molar-refractivity contribution in [2.45, 2.75) is 39.7 Å². The molecule has 1 heterocycles. The second-order valence-electron chi connectivity index (χ2n) is 5.31. The van der Waals surface area contributed by atoms with Crippen LogP contribution in [0, 0.1) is 5.41 Å². The Kier molecular flexibility index (Phi) is 4.18. The summed E-state index contributed by atoms with van der Waals surface area (Å²) in [4.78, 5) is 2.40. The molecule has 1 aliphatic heterocycles. The highest BCUT2D eigenvalue weighted by atomic mass is 35.5. The van der Waals surface area contributed by atoms with Crippen LogP contribution in [0.5, 0.6) is 0 Å². The summed E-state index contributed by atoms with van der Waals surface area (Å²) in [5.41, 5.74) is 2.53. The maximum Gasteiger partial charge on any atom is 0.0702 e. The van der Waals surface area contributed by atoms with E-state index in [2.05, 4.69) is 18.7 Å². The van der Waals surface area contributed by atoms with E-state index in [1.807, 2.05) is 18.2 Å². The minimum absolute atomic E-state index is 0.0532. The lowest BCUT2D eigenvalue weighted by molar-refractivity contribution is 0.281. The highest BCUT2D eigenvalue weighted by molar-refractivity contribution is 6.30. The van der Waals surface area contributed by atoms with Crippen molar-refractivity contribution in [3.8, 4) is 0 Å². The van der Waals surface area contributed by atoms with E-state index in [1.165, 1.54) is 19.3 Å². The Balaban J connectivity index is 2.24. The SMILES string of the molecule is CCC1(CC)CCN(c2ccc(Cl)cc2CO)C1. The van der Waals surface area contributed by atoms with E-state index in [0.29, 0.717) is 10.4 Å². The molecule has 1 fully saturated rings. The van der Waals surface area contributed by atoms with Gasteiger partial charge in [0.05, 0.1) is 6.61 Å². The first kappa shape index (κ1) is 13.7. The van der Waals surface area contributed by atoms with Crippen LogP contribution in [-0.2, 0) is 6.61 Å². The van der Waals surface area contributed by atoms with Gasteiger partial charge in [-0.2, -0.15) is 0 Å². The van der Waals surface area contributed by atoms with Crippen LogP contribution in [0.25, 0.3) is 0 Å². The molecule has 0 spiro atoms. The van der Waals surface area contributed by atoms with Crippen molar-refractivity contribution in [3.63, 3.8) is 0 Å². The molecule has 0 radical (unpaired) electrons. The second kappa shape index (κ2) is 5.50. The number of aliphatic hydroxyl groups is 1. The van der Waals surface area contributed by atoms with Gasteiger partial charge in [-0.05, 0) is 42.9 Å². The third-order valence-electron chi connectivity index (χ3n) is 4.49. The van der Waals surface area contributed by atoms with Crippen LogP contribution in [0.15, 0.2) is 18.2 Å². The Morgan fingerprint density at radius 3 is 2.61 bits per heavy atom. The van der Waals surface area contributed by atoms with Gasteiger partial charge in [-0.15, -0.1) is 0 Å². The highest BCUT2D eigenvalue weighted by Gasteiger charge is 2.35. The number of hydrogen-bond acceptors (Lipinski definition) is 2. The van der Waals surface area contributed by atoms with Crippen molar-refractivity contribution >= 4 is 17.3 Å². The van der Waals surface area contributed by atoms with E-state index in [9.17, 15) is 5.11 Å². The molecule has 1 saturated heterocycles. The molecule has 0 aromatic heterocycles. The van der Waals surface area contributed by atoms with Crippen molar-refractivity contribution in [2.24, 2.45) is 5.41 Å². The molecule has 2 nitrogen and oxygen atoms in total. The van der Waals surface area contributed by atoms with Crippen molar-refractivity contribution in [3.05, 3.63) is 28.8 Å². The van der Waals surface area contributed by atoms with E-state index in [1.54, 1.807) is 0 Å². The molecule has 3 heteroatoms. The third-order valence-corrected chi connectivity index (χ3v) is 4.73. The normalized spacial score (nSPS) is 18.3. The lowest BCUT2D eigenvalue weighted by atomic mass is 9.82. The summed E-state index contributed by atoms with van der Waals surface area (Å²) in [5, 5.41) is 10.2. The summed E-state index contributed by atoms with van der Waals surface area (Å²) in [6, 6.07) is 5.82. The van der Waals surface area contributed by atoms with Gasteiger partial charge in [-0.3, -0.25) is 0 Å². The Labute approximate surface area is 115 Å². The molecule has 0 aliphatic carbocycles.